The highest BCUT2D eigenvalue weighted by atomic mass is 35.5. The van der Waals surface area contributed by atoms with E-state index in [4.69, 9.17) is 34.8 Å². The summed E-state index contributed by atoms with van der Waals surface area (Å²) < 4.78 is 0. The van der Waals surface area contributed by atoms with Crippen molar-refractivity contribution in [2.75, 3.05) is 12.4 Å². The SMILES string of the molecule is O=C(NCC1(CCCl)CC1)c1c(Cl)cccc1Cl. The maximum atomic E-state index is 12.1. The molecule has 0 aliphatic heterocycles. The molecule has 0 spiro atoms. The second kappa shape index (κ2) is 5.68. The number of carbonyl (C=O) groups excluding carboxylic acids is 1. The molecule has 1 aliphatic rings. The molecular weight excluding hydrogens is 293 g/mol. The number of benzene rings is 1. The van der Waals surface area contributed by atoms with Gasteiger partial charge in [0.2, 0.25) is 0 Å². The van der Waals surface area contributed by atoms with Crippen LogP contribution in [0.25, 0.3) is 0 Å². The van der Waals surface area contributed by atoms with Crippen molar-refractivity contribution in [2.24, 2.45) is 5.41 Å². The Morgan fingerprint density at radius 1 is 1.28 bits per heavy atom. The molecule has 1 fully saturated rings. The molecule has 0 bridgehead atoms. The Morgan fingerprint density at radius 3 is 2.39 bits per heavy atom. The average molecular weight is 307 g/mol. The summed E-state index contributed by atoms with van der Waals surface area (Å²) in [6, 6.07) is 5.04. The molecule has 1 amide bonds. The predicted molar refractivity (Wildman–Crippen MR) is 75.8 cm³/mol. The number of alkyl halides is 1. The highest BCUT2D eigenvalue weighted by Crippen LogP contribution is 2.48. The number of rotatable bonds is 5. The highest BCUT2D eigenvalue weighted by molar-refractivity contribution is 6.39. The molecule has 0 atom stereocenters. The Kier molecular flexibility index (Phi) is 4.41. The maximum absolute atomic E-state index is 12.1. The van der Waals surface area contributed by atoms with Crippen LogP contribution in [0.4, 0.5) is 0 Å². The third kappa shape index (κ3) is 3.11. The molecule has 0 radical (unpaired) electrons. The number of nitrogens with one attached hydrogen (secondary N) is 1. The number of hydrogen-bond donors (Lipinski definition) is 1. The van der Waals surface area contributed by atoms with Crippen molar-refractivity contribution in [1.82, 2.24) is 5.32 Å². The van der Waals surface area contributed by atoms with Crippen LogP contribution in [-0.4, -0.2) is 18.3 Å². The molecule has 2 rings (SSSR count). The molecule has 5 heteroatoms. The summed E-state index contributed by atoms with van der Waals surface area (Å²) in [6.07, 6.45) is 3.18. The molecule has 98 valence electrons. The molecule has 1 saturated carbocycles. The van der Waals surface area contributed by atoms with Gasteiger partial charge in [0.05, 0.1) is 15.6 Å². The van der Waals surface area contributed by atoms with Crippen LogP contribution in [0.3, 0.4) is 0 Å². The molecule has 1 aromatic rings. The molecule has 0 saturated heterocycles. The van der Waals surface area contributed by atoms with E-state index < -0.39 is 0 Å². The van der Waals surface area contributed by atoms with Crippen molar-refractivity contribution in [3.63, 3.8) is 0 Å². The van der Waals surface area contributed by atoms with Gasteiger partial charge in [0, 0.05) is 12.4 Å². The van der Waals surface area contributed by atoms with Gasteiger partial charge in [0.15, 0.2) is 0 Å². The second-order valence-electron chi connectivity index (χ2n) is 4.72. The summed E-state index contributed by atoms with van der Waals surface area (Å²) in [6.45, 7) is 0.639. The lowest BCUT2D eigenvalue weighted by Crippen LogP contribution is -2.30. The van der Waals surface area contributed by atoms with E-state index in [0.29, 0.717) is 28.0 Å². The second-order valence-corrected chi connectivity index (χ2v) is 5.91. The normalized spacial score (nSPS) is 16.4. The number of halogens is 3. The number of amides is 1. The Morgan fingerprint density at radius 2 is 1.89 bits per heavy atom. The van der Waals surface area contributed by atoms with Gasteiger partial charge in [-0.1, -0.05) is 29.3 Å². The van der Waals surface area contributed by atoms with Gasteiger partial charge in [-0.05, 0) is 36.8 Å². The Bertz CT molecular complexity index is 437. The van der Waals surface area contributed by atoms with Crippen LogP contribution >= 0.6 is 34.8 Å². The van der Waals surface area contributed by atoms with Gasteiger partial charge in [-0.25, -0.2) is 0 Å². The third-order valence-corrected chi connectivity index (χ3v) is 4.21. The van der Waals surface area contributed by atoms with Gasteiger partial charge in [0.25, 0.3) is 5.91 Å². The van der Waals surface area contributed by atoms with E-state index in [1.165, 1.54) is 0 Å². The number of carbonyl (C=O) groups is 1. The summed E-state index contributed by atoms with van der Waals surface area (Å²) in [5, 5.41) is 3.66. The minimum atomic E-state index is -0.216. The first kappa shape index (κ1) is 14.0. The Labute approximate surface area is 122 Å². The van der Waals surface area contributed by atoms with Gasteiger partial charge in [0.1, 0.15) is 0 Å². The van der Waals surface area contributed by atoms with E-state index in [9.17, 15) is 4.79 Å². The summed E-state index contributed by atoms with van der Waals surface area (Å²) in [7, 11) is 0. The van der Waals surface area contributed by atoms with Crippen LogP contribution in [0.5, 0.6) is 0 Å². The maximum Gasteiger partial charge on any atom is 0.254 e. The molecule has 2 nitrogen and oxygen atoms in total. The molecule has 1 N–H and O–H groups in total. The van der Waals surface area contributed by atoms with Crippen LogP contribution in [0, 0.1) is 5.41 Å². The van der Waals surface area contributed by atoms with E-state index in [2.05, 4.69) is 5.32 Å². The summed E-state index contributed by atoms with van der Waals surface area (Å²) in [4.78, 5) is 12.1. The quantitative estimate of drug-likeness (QED) is 0.814. The fraction of sp³-hybridized carbons (Fsp3) is 0.462. The molecule has 1 aromatic carbocycles. The van der Waals surface area contributed by atoms with Gasteiger partial charge >= 0.3 is 0 Å². The standard InChI is InChI=1S/C13H14Cl3NO/c14-7-6-13(4-5-13)8-17-12(18)11-9(15)2-1-3-10(11)16/h1-3H,4-8H2,(H,17,18). The van der Waals surface area contributed by atoms with E-state index >= 15 is 0 Å². The molecule has 0 aromatic heterocycles. The first-order valence-corrected chi connectivity index (χ1v) is 7.15. The van der Waals surface area contributed by atoms with Crippen LogP contribution in [0.15, 0.2) is 18.2 Å². The third-order valence-electron chi connectivity index (χ3n) is 3.40. The van der Waals surface area contributed by atoms with Crippen molar-refractivity contribution < 1.29 is 4.79 Å². The zero-order chi connectivity index (χ0) is 13.2. The lowest BCUT2D eigenvalue weighted by Gasteiger charge is -2.15. The monoisotopic (exact) mass is 305 g/mol. The summed E-state index contributed by atoms with van der Waals surface area (Å²) in [5.74, 6) is 0.411. The zero-order valence-corrected chi connectivity index (χ0v) is 12.1. The largest absolute Gasteiger partial charge is 0.351 e. The lowest BCUT2D eigenvalue weighted by molar-refractivity contribution is 0.0944. The van der Waals surface area contributed by atoms with Crippen LogP contribution in [-0.2, 0) is 0 Å². The molecule has 1 aliphatic carbocycles. The van der Waals surface area contributed by atoms with Gasteiger partial charge in [-0.2, -0.15) is 0 Å². The first-order chi connectivity index (χ1) is 8.58. The van der Waals surface area contributed by atoms with Gasteiger partial charge in [-0.3, -0.25) is 4.79 Å². The minimum absolute atomic E-state index is 0.200. The van der Waals surface area contributed by atoms with Gasteiger partial charge < -0.3 is 5.32 Å². The highest BCUT2D eigenvalue weighted by Gasteiger charge is 2.41. The smallest absolute Gasteiger partial charge is 0.254 e. The van der Waals surface area contributed by atoms with E-state index in [-0.39, 0.29) is 11.3 Å². The van der Waals surface area contributed by atoms with E-state index in [1.54, 1.807) is 18.2 Å². The van der Waals surface area contributed by atoms with Crippen LogP contribution in [0.2, 0.25) is 10.0 Å². The van der Waals surface area contributed by atoms with Crippen molar-refractivity contribution in [3.8, 4) is 0 Å². The topological polar surface area (TPSA) is 29.1 Å². The molecule has 0 unspecified atom stereocenters. The van der Waals surface area contributed by atoms with Crippen molar-refractivity contribution in [3.05, 3.63) is 33.8 Å². The summed E-state index contributed by atoms with van der Waals surface area (Å²) >= 11 is 17.7. The molecular formula is C13H14Cl3NO. The van der Waals surface area contributed by atoms with E-state index in [1.807, 2.05) is 0 Å². The molecule has 18 heavy (non-hydrogen) atoms. The molecule has 0 heterocycles. The van der Waals surface area contributed by atoms with Crippen LogP contribution < -0.4 is 5.32 Å². The van der Waals surface area contributed by atoms with Crippen molar-refractivity contribution >= 4 is 40.7 Å². The lowest BCUT2D eigenvalue weighted by atomic mass is 10.0. The minimum Gasteiger partial charge on any atom is -0.351 e. The fourth-order valence-electron chi connectivity index (χ4n) is 1.96. The van der Waals surface area contributed by atoms with Crippen molar-refractivity contribution in [2.45, 2.75) is 19.3 Å². The first-order valence-electron chi connectivity index (χ1n) is 5.86. The van der Waals surface area contributed by atoms with E-state index in [0.717, 1.165) is 19.3 Å². The van der Waals surface area contributed by atoms with Gasteiger partial charge in [-0.15, -0.1) is 11.6 Å². The average Bonchev–Trinajstić information content (AvgIpc) is 3.07. The summed E-state index contributed by atoms with van der Waals surface area (Å²) in [5.41, 5.74) is 0.549. The Hall–Kier alpha value is -0.440. The Balaban J connectivity index is 2.00. The zero-order valence-electron chi connectivity index (χ0n) is 9.81. The fourth-order valence-corrected chi connectivity index (χ4v) is 2.93. The predicted octanol–water partition coefficient (Wildman–Crippen LogP) is 4.13. The number of hydrogen-bond acceptors (Lipinski definition) is 1. The van der Waals surface area contributed by atoms with Crippen molar-refractivity contribution in [1.29, 1.82) is 0 Å². The van der Waals surface area contributed by atoms with Crippen LogP contribution in [0.1, 0.15) is 29.6 Å².